The summed E-state index contributed by atoms with van der Waals surface area (Å²) in [7, 11) is 4.70. The zero-order chi connectivity index (χ0) is 21.1. The smallest absolute Gasteiger partial charge is 0.254 e. The van der Waals surface area contributed by atoms with Crippen LogP contribution in [0.25, 0.3) is 0 Å². The molecule has 0 aliphatic carbocycles. The van der Waals surface area contributed by atoms with Crippen molar-refractivity contribution >= 4 is 5.91 Å². The normalized spacial score (nSPS) is 19.2. The maximum atomic E-state index is 13.3. The SMILES string of the molecule is COc1cc(C(=O)N2CCC[C@H](N3CCc4ccccc4C3)C2)cc(OC)c1OC. The van der Waals surface area contributed by atoms with Gasteiger partial charge in [0.15, 0.2) is 11.5 Å². The molecule has 2 aliphatic heterocycles. The van der Waals surface area contributed by atoms with Crippen molar-refractivity contribution < 1.29 is 19.0 Å². The second kappa shape index (κ2) is 8.96. The van der Waals surface area contributed by atoms with Crippen LogP contribution in [0.1, 0.15) is 34.3 Å². The van der Waals surface area contributed by atoms with Gasteiger partial charge in [0.25, 0.3) is 5.91 Å². The second-order valence-corrected chi connectivity index (χ2v) is 7.95. The standard InChI is InChI=1S/C24H30N2O4/c1-28-21-13-19(14-22(29-2)23(21)30-3)24(27)26-11-6-9-20(16-26)25-12-10-17-7-4-5-8-18(17)15-25/h4-5,7-8,13-14,20H,6,9-12,15-16H2,1-3H3/t20-/m0/s1. The van der Waals surface area contributed by atoms with Crippen molar-refractivity contribution in [1.82, 2.24) is 9.80 Å². The lowest BCUT2D eigenvalue weighted by atomic mass is 9.95. The highest BCUT2D eigenvalue weighted by Crippen LogP contribution is 2.38. The monoisotopic (exact) mass is 410 g/mol. The van der Waals surface area contributed by atoms with Crippen molar-refractivity contribution in [3.8, 4) is 17.2 Å². The summed E-state index contributed by atoms with van der Waals surface area (Å²) in [4.78, 5) is 17.8. The number of fused-ring (bicyclic) bond motifs is 1. The summed E-state index contributed by atoms with van der Waals surface area (Å²) in [5.41, 5.74) is 3.43. The number of ether oxygens (including phenoxy) is 3. The van der Waals surface area contributed by atoms with Gasteiger partial charge in [-0.15, -0.1) is 0 Å². The quantitative estimate of drug-likeness (QED) is 0.757. The van der Waals surface area contributed by atoms with Crippen LogP contribution < -0.4 is 14.2 Å². The zero-order valence-corrected chi connectivity index (χ0v) is 18.0. The van der Waals surface area contributed by atoms with E-state index in [0.717, 1.165) is 45.4 Å². The van der Waals surface area contributed by atoms with E-state index in [0.29, 0.717) is 28.9 Å². The molecule has 6 nitrogen and oxygen atoms in total. The number of carbonyl (C=O) groups excluding carboxylic acids is 1. The van der Waals surface area contributed by atoms with Crippen LogP contribution in [0.4, 0.5) is 0 Å². The average Bonchev–Trinajstić information content (AvgIpc) is 2.82. The Kier molecular flexibility index (Phi) is 6.13. The van der Waals surface area contributed by atoms with E-state index in [9.17, 15) is 4.79 Å². The first kappa shape index (κ1) is 20.5. The molecule has 4 rings (SSSR count). The third kappa shape index (κ3) is 3.97. The average molecular weight is 411 g/mol. The highest BCUT2D eigenvalue weighted by atomic mass is 16.5. The van der Waals surface area contributed by atoms with Crippen LogP contribution in [-0.2, 0) is 13.0 Å². The maximum absolute atomic E-state index is 13.3. The minimum absolute atomic E-state index is 0.0105. The number of carbonyl (C=O) groups is 1. The Morgan fingerprint density at radius 3 is 2.33 bits per heavy atom. The molecule has 0 aromatic heterocycles. The first-order chi connectivity index (χ1) is 14.6. The molecule has 0 bridgehead atoms. The van der Waals surface area contributed by atoms with Crippen molar-refractivity contribution in [2.45, 2.75) is 31.8 Å². The largest absolute Gasteiger partial charge is 0.493 e. The molecule has 2 aromatic carbocycles. The maximum Gasteiger partial charge on any atom is 0.254 e. The van der Waals surface area contributed by atoms with E-state index in [4.69, 9.17) is 14.2 Å². The molecular weight excluding hydrogens is 380 g/mol. The van der Waals surface area contributed by atoms with Gasteiger partial charge >= 0.3 is 0 Å². The van der Waals surface area contributed by atoms with Gasteiger partial charge in [0.1, 0.15) is 0 Å². The molecule has 0 unspecified atom stereocenters. The first-order valence-corrected chi connectivity index (χ1v) is 10.5. The Hall–Kier alpha value is -2.73. The van der Waals surface area contributed by atoms with Crippen LogP contribution in [0.2, 0.25) is 0 Å². The van der Waals surface area contributed by atoms with Gasteiger partial charge in [-0.1, -0.05) is 24.3 Å². The summed E-state index contributed by atoms with van der Waals surface area (Å²) >= 11 is 0. The minimum Gasteiger partial charge on any atom is -0.493 e. The number of piperidine rings is 1. The number of methoxy groups -OCH3 is 3. The molecule has 0 spiro atoms. The van der Waals surface area contributed by atoms with Crippen molar-refractivity contribution in [1.29, 1.82) is 0 Å². The Labute approximate surface area is 178 Å². The summed E-state index contributed by atoms with van der Waals surface area (Å²) in [6, 6.07) is 12.6. The van der Waals surface area contributed by atoms with Gasteiger partial charge in [-0.05, 0) is 42.5 Å². The molecule has 1 atom stereocenters. The third-order valence-electron chi connectivity index (χ3n) is 6.27. The Balaban J connectivity index is 1.50. The Bertz CT molecular complexity index is 889. The predicted octanol–water partition coefficient (Wildman–Crippen LogP) is 3.38. The number of likely N-dealkylation sites (tertiary alicyclic amines) is 1. The van der Waals surface area contributed by atoms with Crippen LogP contribution in [0, 0.1) is 0 Å². The highest BCUT2D eigenvalue weighted by Gasteiger charge is 2.31. The van der Waals surface area contributed by atoms with Gasteiger partial charge in [-0.2, -0.15) is 0 Å². The van der Waals surface area contributed by atoms with Gasteiger partial charge in [0.2, 0.25) is 5.75 Å². The molecule has 0 saturated carbocycles. The lowest BCUT2D eigenvalue weighted by molar-refractivity contribution is 0.0548. The topological polar surface area (TPSA) is 51.2 Å². The van der Waals surface area contributed by atoms with E-state index in [1.807, 2.05) is 4.90 Å². The van der Waals surface area contributed by atoms with Crippen molar-refractivity contribution in [2.75, 3.05) is 41.0 Å². The number of hydrogen-bond acceptors (Lipinski definition) is 5. The fourth-order valence-corrected chi connectivity index (χ4v) is 4.65. The van der Waals surface area contributed by atoms with Crippen LogP contribution in [0.15, 0.2) is 36.4 Å². The van der Waals surface area contributed by atoms with Gasteiger partial charge in [0.05, 0.1) is 21.3 Å². The van der Waals surface area contributed by atoms with Crippen LogP contribution in [0.5, 0.6) is 17.2 Å². The predicted molar refractivity (Wildman–Crippen MR) is 116 cm³/mol. The van der Waals surface area contributed by atoms with Crippen molar-refractivity contribution in [3.63, 3.8) is 0 Å². The number of nitrogens with zero attached hydrogens (tertiary/aromatic N) is 2. The van der Waals surface area contributed by atoms with E-state index in [2.05, 4.69) is 29.2 Å². The van der Waals surface area contributed by atoms with Crippen molar-refractivity contribution in [3.05, 3.63) is 53.1 Å². The molecular formula is C24H30N2O4. The molecule has 1 amide bonds. The van der Waals surface area contributed by atoms with Crippen LogP contribution in [-0.4, -0.2) is 62.7 Å². The molecule has 30 heavy (non-hydrogen) atoms. The zero-order valence-electron chi connectivity index (χ0n) is 18.0. The summed E-state index contributed by atoms with van der Waals surface area (Å²) in [6.07, 6.45) is 3.22. The van der Waals surface area contributed by atoms with Gasteiger partial charge in [-0.3, -0.25) is 9.69 Å². The van der Waals surface area contributed by atoms with Crippen molar-refractivity contribution in [2.24, 2.45) is 0 Å². The molecule has 160 valence electrons. The van der Waals surface area contributed by atoms with Gasteiger partial charge in [-0.25, -0.2) is 0 Å². The molecule has 1 fully saturated rings. The van der Waals surface area contributed by atoms with E-state index >= 15 is 0 Å². The molecule has 0 radical (unpaired) electrons. The summed E-state index contributed by atoms with van der Waals surface area (Å²) in [5.74, 6) is 1.51. The summed E-state index contributed by atoms with van der Waals surface area (Å²) in [6.45, 7) is 3.54. The summed E-state index contributed by atoms with van der Waals surface area (Å²) in [5, 5.41) is 0. The fourth-order valence-electron chi connectivity index (χ4n) is 4.65. The minimum atomic E-state index is 0.0105. The number of hydrogen-bond donors (Lipinski definition) is 0. The van der Waals surface area contributed by atoms with Crippen LogP contribution >= 0.6 is 0 Å². The lowest BCUT2D eigenvalue weighted by Crippen LogP contribution is -2.51. The molecule has 2 aliphatic rings. The number of rotatable bonds is 5. The molecule has 6 heteroatoms. The molecule has 2 aromatic rings. The van der Waals surface area contributed by atoms with Crippen LogP contribution in [0.3, 0.4) is 0 Å². The molecule has 0 N–H and O–H groups in total. The second-order valence-electron chi connectivity index (χ2n) is 7.95. The van der Waals surface area contributed by atoms with E-state index in [-0.39, 0.29) is 5.91 Å². The van der Waals surface area contributed by atoms with Gasteiger partial charge in [0, 0.05) is 37.8 Å². The summed E-state index contributed by atoms with van der Waals surface area (Å²) < 4.78 is 16.2. The van der Waals surface area contributed by atoms with E-state index in [1.165, 1.54) is 11.1 Å². The third-order valence-corrected chi connectivity index (χ3v) is 6.27. The lowest BCUT2D eigenvalue weighted by Gasteiger charge is -2.41. The first-order valence-electron chi connectivity index (χ1n) is 10.5. The number of benzene rings is 2. The number of amides is 1. The Morgan fingerprint density at radius 2 is 1.67 bits per heavy atom. The van der Waals surface area contributed by atoms with E-state index < -0.39 is 0 Å². The van der Waals surface area contributed by atoms with Gasteiger partial charge < -0.3 is 19.1 Å². The molecule has 2 heterocycles. The highest BCUT2D eigenvalue weighted by molar-refractivity contribution is 5.95. The Morgan fingerprint density at radius 1 is 0.967 bits per heavy atom. The van der Waals surface area contributed by atoms with E-state index in [1.54, 1.807) is 33.5 Å². The molecule has 1 saturated heterocycles. The fraction of sp³-hybridized carbons (Fsp3) is 0.458.